The predicted octanol–water partition coefficient (Wildman–Crippen LogP) is 3.60. The van der Waals surface area contributed by atoms with Gasteiger partial charge in [-0.2, -0.15) is 10.4 Å². The molecule has 2 aromatic rings. The lowest BCUT2D eigenvalue weighted by atomic mass is 10.1. The molecule has 0 aliphatic heterocycles. The third-order valence-corrected chi connectivity index (χ3v) is 4.45. The first-order chi connectivity index (χ1) is 11.4. The van der Waals surface area contributed by atoms with Crippen LogP contribution < -0.4 is 5.32 Å². The Morgan fingerprint density at radius 2 is 2.04 bits per heavy atom. The fraction of sp³-hybridized carbons (Fsp3) is 0.421. The normalized spacial score (nSPS) is 10.5. The average molecular weight is 324 g/mol. The monoisotopic (exact) mass is 324 g/mol. The van der Waals surface area contributed by atoms with Crippen molar-refractivity contribution in [1.29, 1.82) is 5.26 Å². The number of aryl methyl sites for hydroxylation is 3. The van der Waals surface area contributed by atoms with E-state index in [1.165, 1.54) is 5.56 Å². The van der Waals surface area contributed by atoms with Gasteiger partial charge in [-0.1, -0.05) is 12.1 Å². The molecule has 1 amide bonds. The molecular formula is C19H24N4O. The number of nitriles is 1. The van der Waals surface area contributed by atoms with Gasteiger partial charge >= 0.3 is 0 Å². The van der Waals surface area contributed by atoms with Crippen molar-refractivity contribution >= 4 is 11.6 Å². The van der Waals surface area contributed by atoms with Crippen molar-refractivity contribution in [3.05, 3.63) is 46.3 Å². The standard InChI is InChI=1S/C19H24N4O/c1-13-7-5-8-18(14(13)2)21-19(24)10-9-17-15(3)22-23(16(17)4)12-6-11-20/h5,7-8H,6,9-10,12H2,1-4H3,(H,21,24). The highest BCUT2D eigenvalue weighted by Crippen LogP contribution is 2.19. The molecule has 0 fully saturated rings. The van der Waals surface area contributed by atoms with Gasteiger partial charge in [0.1, 0.15) is 0 Å². The molecule has 1 aromatic heterocycles. The number of anilines is 1. The Kier molecular flexibility index (Phi) is 5.75. The van der Waals surface area contributed by atoms with E-state index in [0.29, 0.717) is 25.8 Å². The highest BCUT2D eigenvalue weighted by atomic mass is 16.1. The van der Waals surface area contributed by atoms with Gasteiger partial charge in [-0.15, -0.1) is 0 Å². The zero-order valence-corrected chi connectivity index (χ0v) is 14.8. The van der Waals surface area contributed by atoms with Crippen molar-refractivity contribution in [3.63, 3.8) is 0 Å². The van der Waals surface area contributed by atoms with Gasteiger partial charge < -0.3 is 5.32 Å². The number of aromatic nitrogens is 2. The number of hydrogen-bond acceptors (Lipinski definition) is 3. The Hall–Kier alpha value is -2.61. The van der Waals surface area contributed by atoms with Gasteiger partial charge in [0, 0.05) is 17.8 Å². The van der Waals surface area contributed by atoms with Crippen molar-refractivity contribution in [1.82, 2.24) is 9.78 Å². The minimum absolute atomic E-state index is 0.00674. The fourth-order valence-corrected chi connectivity index (χ4v) is 2.81. The summed E-state index contributed by atoms with van der Waals surface area (Å²) in [6, 6.07) is 8.05. The van der Waals surface area contributed by atoms with Crippen LogP contribution in [0.5, 0.6) is 0 Å². The summed E-state index contributed by atoms with van der Waals surface area (Å²) in [6.45, 7) is 8.59. The van der Waals surface area contributed by atoms with Crippen molar-refractivity contribution in [2.45, 2.75) is 53.5 Å². The lowest BCUT2D eigenvalue weighted by Crippen LogP contribution is -2.14. The van der Waals surface area contributed by atoms with Crippen LogP contribution in [0, 0.1) is 39.0 Å². The Morgan fingerprint density at radius 3 is 2.75 bits per heavy atom. The summed E-state index contributed by atoms with van der Waals surface area (Å²) >= 11 is 0. The molecule has 0 saturated heterocycles. The second-order valence-electron chi connectivity index (χ2n) is 6.08. The summed E-state index contributed by atoms with van der Waals surface area (Å²) < 4.78 is 1.86. The molecule has 5 heteroatoms. The average Bonchev–Trinajstić information content (AvgIpc) is 2.82. The van der Waals surface area contributed by atoms with Crippen LogP contribution in [-0.4, -0.2) is 15.7 Å². The number of benzene rings is 1. The Morgan fingerprint density at radius 1 is 1.29 bits per heavy atom. The van der Waals surface area contributed by atoms with E-state index in [9.17, 15) is 4.79 Å². The molecule has 1 heterocycles. The molecular weight excluding hydrogens is 300 g/mol. The zero-order valence-electron chi connectivity index (χ0n) is 14.8. The van der Waals surface area contributed by atoms with E-state index >= 15 is 0 Å². The van der Waals surface area contributed by atoms with E-state index in [1.807, 2.05) is 50.6 Å². The molecule has 24 heavy (non-hydrogen) atoms. The lowest BCUT2D eigenvalue weighted by molar-refractivity contribution is -0.116. The maximum absolute atomic E-state index is 12.3. The number of hydrogen-bond donors (Lipinski definition) is 1. The van der Waals surface area contributed by atoms with Gasteiger partial charge in [-0.25, -0.2) is 0 Å². The molecule has 2 rings (SSSR count). The molecule has 126 valence electrons. The van der Waals surface area contributed by atoms with Gasteiger partial charge in [-0.3, -0.25) is 9.48 Å². The second-order valence-corrected chi connectivity index (χ2v) is 6.08. The zero-order chi connectivity index (χ0) is 17.7. The van der Waals surface area contributed by atoms with E-state index in [0.717, 1.165) is 28.2 Å². The highest BCUT2D eigenvalue weighted by Gasteiger charge is 2.13. The third-order valence-electron chi connectivity index (χ3n) is 4.45. The summed E-state index contributed by atoms with van der Waals surface area (Å²) in [5.41, 5.74) is 6.22. The van der Waals surface area contributed by atoms with Crippen molar-refractivity contribution in [2.75, 3.05) is 5.32 Å². The second kappa shape index (κ2) is 7.78. The minimum Gasteiger partial charge on any atom is -0.326 e. The van der Waals surface area contributed by atoms with Crippen molar-refractivity contribution in [2.24, 2.45) is 0 Å². The van der Waals surface area contributed by atoms with Crippen molar-refractivity contribution in [3.8, 4) is 6.07 Å². The molecule has 0 aliphatic rings. The van der Waals surface area contributed by atoms with E-state index in [1.54, 1.807) is 0 Å². The Bertz CT molecular complexity index is 783. The lowest BCUT2D eigenvalue weighted by Gasteiger charge is -2.10. The number of nitrogens with zero attached hydrogens (tertiary/aromatic N) is 3. The Balaban J connectivity index is 2.00. The van der Waals surface area contributed by atoms with Crippen LogP contribution in [0.1, 0.15) is 40.9 Å². The van der Waals surface area contributed by atoms with E-state index in [2.05, 4.69) is 16.5 Å². The summed E-state index contributed by atoms with van der Waals surface area (Å²) in [4.78, 5) is 12.3. The van der Waals surface area contributed by atoms with Crippen LogP contribution in [-0.2, 0) is 17.8 Å². The van der Waals surface area contributed by atoms with Gasteiger partial charge in [0.15, 0.2) is 0 Å². The molecule has 0 radical (unpaired) electrons. The Labute approximate surface area is 143 Å². The molecule has 0 unspecified atom stereocenters. The van der Waals surface area contributed by atoms with E-state index < -0.39 is 0 Å². The van der Waals surface area contributed by atoms with Gasteiger partial charge in [0.05, 0.1) is 24.7 Å². The van der Waals surface area contributed by atoms with Crippen LogP contribution in [0.2, 0.25) is 0 Å². The van der Waals surface area contributed by atoms with E-state index in [4.69, 9.17) is 5.26 Å². The summed E-state index contributed by atoms with van der Waals surface area (Å²) in [6.07, 6.45) is 1.51. The third kappa shape index (κ3) is 4.02. The van der Waals surface area contributed by atoms with Crippen LogP contribution in [0.25, 0.3) is 0 Å². The fourth-order valence-electron chi connectivity index (χ4n) is 2.81. The van der Waals surface area contributed by atoms with Crippen LogP contribution >= 0.6 is 0 Å². The van der Waals surface area contributed by atoms with E-state index in [-0.39, 0.29) is 5.91 Å². The first-order valence-corrected chi connectivity index (χ1v) is 8.20. The number of carbonyl (C=O) groups excluding carboxylic acids is 1. The van der Waals surface area contributed by atoms with Gasteiger partial charge in [-0.05, 0) is 56.9 Å². The van der Waals surface area contributed by atoms with Crippen LogP contribution in [0.3, 0.4) is 0 Å². The molecule has 5 nitrogen and oxygen atoms in total. The number of nitrogens with one attached hydrogen (secondary N) is 1. The molecule has 0 spiro atoms. The maximum atomic E-state index is 12.3. The quantitative estimate of drug-likeness (QED) is 0.882. The number of rotatable bonds is 6. The molecule has 0 aliphatic carbocycles. The summed E-state index contributed by atoms with van der Waals surface area (Å²) in [5, 5.41) is 16.2. The smallest absolute Gasteiger partial charge is 0.224 e. The predicted molar refractivity (Wildman–Crippen MR) is 94.8 cm³/mol. The molecule has 1 N–H and O–H groups in total. The van der Waals surface area contributed by atoms with Gasteiger partial charge in [0.25, 0.3) is 0 Å². The SMILES string of the molecule is Cc1cccc(NC(=O)CCc2c(C)nn(CCC#N)c2C)c1C. The van der Waals surface area contributed by atoms with Crippen LogP contribution in [0.15, 0.2) is 18.2 Å². The topological polar surface area (TPSA) is 70.7 Å². The molecule has 0 saturated carbocycles. The van der Waals surface area contributed by atoms with Crippen LogP contribution in [0.4, 0.5) is 5.69 Å². The number of amides is 1. The first kappa shape index (κ1) is 17.7. The maximum Gasteiger partial charge on any atom is 0.224 e. The molecule has 1 aromatic carbocycles. The molecule has 0 atom stereocenters. The molecule has 0 bridgehead atoms. The first-order valence-electron chi connectivity index (χ1n) is 8.20. The minimum atomic E-state index is 0.00674. The largest absolute Gasteiger partial charge is 0.326 e. The highest BCUT2D eigenvalue weighted by molar-refractivity contribution is 5.91. The van der Waals surface area contributed by atoms with Gasteiger partial charge in [0.2, 0.25) is 5.91 Å². The van der Waals surface area contributed by atoms with Crippen molar-refractivity contribution < 1.29 is 4.79 Å². The number of carbonyl (C=O) groups is 1. The summed E-state index contributed by atoms with van der Waals surface area (Å²) in [5.74, 6) is 0.00674. The summed E-state index contributed by atoms with van der Waals surface area (Å²) in [7, 11) is 0.